The molecule has 0 N–H and O–H groups in total. The summed E-state index contributed by atoms with van der Waals surface area (Å²) in [4.78, 5) is 35.5. The Balaban J connectivity index is 1.09. The van der Waals surface area contributed by atoms with Crippen LogP contribution in [0.1, 0.15) is 47.2 Å². The quantitative estimate of drug-likeness (QED) is 0.0450. The van der Waals surface area contributed by atoms with Gasteiger partial charge >= 0.3 is 11.9 Å². The van der Waals surface area contributed by atoms with Crippen molar-refractivity contribution in [1.29, 1.82) is 0 Å². The smallest absolute Gasteiger partial charge is 0.337 e. The van der Waals surface area contributed by atoms with Gasteiger partial charge in [-0.25, -0.2) is 9.59 Å². The summed E-state index contributed by atoms with van der Waals surface area (Å²) in [7, 11) is 2.69. The third-order valence-corrected chi connectivity index (χ3v) is 10.7. The molecule has 0 spiro atoms. The highest BCUT2D eigenvalue weighted by Gasteiger charge is 2.49. The minimum Gasteiger partial charge on any atom is -0.467 e. The van der Waals surface area contributed by atoms with Crippen LogP contribution in [0.2, 0.25) is 0 Å². The van der Waals surface area contributed by atoms with E-state index in [1.165, 1.54) is 20.3 Å². The molecule has 10 heteroatoms. The molecule has 0 aliphatic carbocycles. The van der Waals surface area contributed by atoms with Gasteiger partial charge < -0.3 is 28.4 Å². The third kappa shape index (κ3) is 12.9. The molecule has 1 saturated heterocycles. The largest absolute Gasteiger partial charge is 0.467 e. The number of ether oxygens (including phenoxy) is 6. The zero-order valence-electron chi connectivity index (χ0n) is 37.1. The first-order valence-corrected chi connectivity index (χ1v) is 21.6. The standard InChI is InChI=1S/C55H54N2O8/c1-55(2)64-52(53(65-55)54(59)61-4)48(57-51(44-21-13-7-14-22-44)45-23-15-8-16-24-45)38-63-36-40-25-27-41(28-26-40)42-29-31-46(32-30-42)50(43-19-11-6-12-20-43)56-47(33-34-49(58)60-3)37-62-35-39-17-9-5-10-18-39/h5-34,47-48,52-53H,35-38H2,1-4H3/b34-33-,56-50?/t47-,48+,52-,53-/m0/s1. The van der Waals surface area contributed by atoms with Crippen molar-refractivity contribution in [3.63, 3.8) is 0 Å². The zero-order valence-corrected chi connectivity index (χ0v) is 37.1. The molecular formula is C55H54N2O8. The summed E-state index contributed by atoms with van der Waals surface area (Å²) in [5.74, 6) is -2.03. The van der Waals surface area contributed by atoms with E-state index >= 15 is 0 Å². The fraction of sp³-hybridized carbons (Fsp3) is 0.236. The van der Waals surface area contributed by atoms with Crippen molar-refractivity contribution in [3.05, 3.63) is 215 Å². The molecule has 6 aromatic rings. The number of esters is 2. The van der Waals surface area contributed by atoms with E-state index in [0.29, 0.717) is 13.2 Å². The van der Waals surface area contributed by atoms with E-state index < -0.39 is 42.0 Å². The van der Waals surface area contributed by atoms with Crippen LogP contribution in [0.25, 0.3) is 11.1 Å². The summed E-state index contributed by atoms with van der Waals surface area (Å²) in [6.45, 7) is 4.68. The first kappa shape index (κ1) is 46.2. The predicted octanol–water partition coefficient (Wildman–Crippen LogP) is 9.62. The minimum absolute atomic E-state index is 0.147. The lowest BCUT2D eigenvalue weighted by atomic mass is 9.98. The van der Waals surface area contributed by atoms with Gasteiger partial charge in [0.05, 0.1) is 58.1 Å². The molecule has 7 rings (SSSR count). The summed E-state index contributed by atoms with van der Waals surface area (Å²) < 4.78 is 34.9. The van der Waals surface area contributed by atoms with Gasteiger partial charge in [0.1, 0.15) is 12.1 Å². The van der Waals surface area contributed by atoms with E-state index in [4.69, 9.17) is 38.4 Å². The minimum atomic E-state index is -1.04. The number of nitrogens with zero attached hydrogens (tertiary/aromatic N) is 2. The van der Waals surface area contributed by atoms with Gasteiger partial charge in [-0.2, -0.15) is 0 Å². The van der Waals surface area contributed by atoms with E-state index in [1.807, 2.05) is 133 Å². The third-order valence-electron chi connectivity index (χ3n) is 10.7. The molecule has 1 aliphatic rings. The molecular weight excluding hydrogens is 817 g/mol. The Morgan fingerprint density at radius 3 is 1.55 bits per heavy atom. The fourth-order valence-corrected chi connectivity index (χ4v) is 7.50. The van der Waals surface area contributed by atoms with E-state index in [0.717, 1.165) is 55.9 Å². The van der Waals surface area contributed by atoms with Gasteiger partial charge in [-0.3, -0.25) is 9.98 Å². The van der Waals surface area contributed by atoms with Gasteiger partial charge in [0.25, 0.3) is 0 Å². The summed E-state index contributed by atoms with van der Waals surface area (Å²) in [5, 5.41) is 0. The summed E-state index contributed by atoms with van der Waals surface area (Å²) >= 11 is 0. The van der Waals surface area contributed by atoms with Gasteiger partial charge in [-0.15, -0.1) is 0 Å². The van der Waals surface area contributed by atoms with Crippen LogP contribution < -0.4 is 0 Å². The molecule has 10 nitrogen and oxygen atoms in total. The fourth-order valence-electron chi connectivity index (χ4n) is 7.50. The molecule has 65 heavy (non-hydrogen) atoms. The van der Waals surface area contributed by atoms with Crippen molar-refractivity contribution < 1.29 is 38.0 Å². The van der Waals surface area contributed by atoms with Crippen molar-refractivity contribution in [2.24, 2.45) is 9.98 Å². The topological polar surface area (TPSA) is 114 Å². The number of hydrogen-bond donors (Lipinski definition) is 0. The van der Waals surface area contributed by atoms with Crippen molar-refractivity contribution in [2.75, 3.05) is 27.4 Å². The molecule has 1 fully saturated rings. The highest BCUT2D eigenvalue weighted by atomic mass is 16.8. The molecule has 4 atom stereocenters. The van der Waals surface area contributed by atoms with Crippen LogP contribution in [-0.4, -0.2) is 80.9 Å². The first-order valence-electron chi connectivity index (χ1n) is 21.6. The van der Waals surface area contributed by atoms with Crippen LogP contribution in [0.3, 0.4) is 0 Å². The molecule has 0 bridgehead atoms. The van der Waals surface area contributed by atoms with Crippen LogP contribution in [0.4, 0.5) is 0 Å². The van der Waals surface area contributed by atoms with E-state index in [-0.39, 0.29) is 13.2 Å². The Hall–Kier alpha value is -6.82. The van der Waals surface area contributed by atoms with E-state index in [1.54, 1.807) is 19.9 Å². The summed E-state index contributed by atoms with van der Waals surface area (Å²) in [6, 6.07) is 55.2. The Bertz CT molecular complexity index is 2480. The lowest BCUT2D eigenvalue weighted by Crippen LogP contribution is -2.42. The highest BCUT2D eigenvalue weighted by molar-refractivity contribution is 6.13. The number of methoxy groups -OCH3 is 2. The van der Waals surface area contributed by atoms with Crippen molar-refractivity contribution in [1.82, 2.24) is 0 Å². The van der Waals surface area contributed by atoms with Crippen molar-refractivity contribution in [3.8, 4) is 11.1 Å². The SMILES string of the molecule is COC(=O)/C=C\[C@@H](COCc1ccccc1)N=C(c1ccccc1)c1ccc(-c2ccc(COC[C@@H](N=C(c3ccccc3)c3ccccc3)[C@@H]3OC(C)(C)O[C@@H]3C(=O)OC)cc2)cc1. The van der Waals surface area contributed by atoms with Gasteiger partial charge in [-0.1, -0.05) is 176 Å². The van der Waals surface area contributed by atoms with Gasteiger partial charge in [0, 0.05) is 28.3 Å². The van der Waals surface area contributed by atoms with Crippen LogP contribution >= 0.6 is 0 Å². The average Bonchev–Trinajstić information content (AvgIpc) is 3.69. The Morgan fingerprint density at radius 2 is 1.03 bits per heavy atom. The molecule has 0 amide bonds. The van der Waals surface area contributed by atoms with Gasteiger partial charge in [0.2, 0.25) is 0 Å². The second kappa shape index (κ2) is 22.7. The van der Waals surface area contributed by atoms with Crippen molar-refractivity contribution >= 4 is 23.4 Å². The number of benzene rings is 6. The number of rotatable bonds is 19. The van der Waals surface area contributed by atoms with Crippen LogP contribution in [-0.2, 0) is 51.2 Å². The maximum absolute atomic E-state index is 13.0. The molecule has 332 valence electrons. The Labute approximate surface area is 381 Å². The predicted molar refractivity (Wildman–Crippen MR) is 253 cm³/mol. The Morgan fingerprint density at radius 1 is 0.569 bits per heavy atom. The number of hydrogen-bond acceptors (Lipinski definition) is 10. The number of carbonyl (C=O) groups is 2. The normalized spacial score (nSPS) is 16.7. The van der Waals surface area contributed by atoms with E-state index in [9.17, 15) is 9.59 Å². The Kier molecular flexibility index (Phi) is 16.1. The van der Waals surface area contributed by atoms with Gasteiger partial charge in [-0.05, 0) is 36.1 Å². The molecule has 1 aliphatic heterocycles. The molecule has 0 saturated carbocycles. The van der Waals surface area contributed by atoms with Crippen LogP contribution in [0.5, 0.6) is 0 Å². The number of carbonyl (C=O) groups excluding carboxylic acids is 2. The van der Waals surface area contributed by atoms with Gasteiger partial charge in [0.15, 0.2) is 11.9 Å². The highest BCUT2D eigenvalue weighted by Crippen LogP contribution is 2.33. The molecule has 0 aromatic heterocycles. The molecule has 6 aromatic carbocycles. The van der Waals surface area contributed by atoms with Crippen molar-refractivity contribution in [2.45, 2.75) is 57.1 Å². The lowest BCUT2D eigenvalue weighted by molar-refractivity contribution is -0.168. The second-order valence-electron chi connectivity index (χ2n) is 15.9. The number of aliphatic imine (C=N–C) groups is 2. The lowest BCUT2D eigenvalue weighted by Gasteiger charge is -2.24. The van der Waals surface area contributed by atoms with Crippen LogP contribution in [0.15, 0.2) is 192 Å². The summed E-state index contributed by atoms with van der Waals surface area (Å²) in [6.07, 6.45) is 1.34. The maximum Gasteiger partial charge on any atom is 0.337 e. The zero-order chi connectivity index (χ0) is 45.4. The monoisotopic (exact) mass is 870 g/mol. The second-order valence-corrected chi connectivity index (χ2v) is 15.9. The molecule has 1 heterocycles. The first-order chi connectivity index (χ1) is 31.7. The average molecular weight is 871 g/mol. The molecule has 0 unspecified atom stereocenters. The van der Waals surface area contributed by atoms with Crippen LogP contribution in [0, 0.1) is 0 Å². The maximum atomic E-state index is 13.0. The molecule has 0 radical (unpaired) electrons. The summed E-state index contributed by atoms with van der Waals surface area (Å²) in [5.41, 5.74) is 9.28. The van der Waals surface area contributed by atoms with E-state index in [2.05, 4.69) is 36.4 Å².